The van der Waals surface area contributed by atoms with Crippen molar-refractivity contribution in [2.24, 2.45) is 5.73 Å². The number of carbonyl (C=O) groups excluding carboxylic acids is 2. The zero-order valence-corrected chi connectivity index (χ0v) is 10.0. The van der Waals surface area contributed by atoms with Crippen LogP contribution in [0.5, 0.6) is 0 Å². The Morgan fingerprint density at radius 2 is 1.53 bits per heavy atom. The van der Waals surface area contributed by atoms with E-state index in [2.05, 4.69) is 5.73 Å². The van der Waals surface area contributed by atoms with Crippen LogP contribution < -0.4 is 11.1 Å². The second kappa shape index (κ2) is 3.83. The van der Waals surface area contributed by atoms with Gasteiger partial charge in [-0.3, -0.25) is 9.59 Å². The van der Waals surface area contributed by atoms with Gasteiger partial charge in [-0.15, -0.1) is 0 Å². The summed E-state index contributed by atoms with van der Waals surface area (Å²) < 4.78 is 61.8. The monoisotopic (exact) mass is 304 g/mol. The molecule has 1 aromatic carbocycles. The minimum absolute atomic E-state index is 0.111. The van der Waals surface area contributed by atoms with Gasteiger partial charge in [0.05, 0.1) is 0 Å². The minimum Gasteiger partial charge on any atom is -0.361 e. The van der Waals surface area contributed by atoms with E-state index in [1.54, 1.807) is 0 Å². The van der Waals surface area contributed by atoms with Gasteiger partial charge in [0.25, 0.3) is 0 Å². The molecule has 1 aromatic rings. The lowest BCUT2D eigenvalue weighted by atomic mass is 10.2. The molecule has 2 amide bonds. The Hall–Kier alpha value is -1.84. The predicted octanol–water partition coefficient (Wildman–Crippen LogP) is 2.45. The topological polar surface area (TPSA) is 72.2 Å². The average Bonchev–Trinajstić information content (AvgIpc) is 2.23. The number of amides is 2. The Bertz CT molecular complexity index is 525. The Balaban J connectivity index is 2.85. The second-order valence-electron chi connectivity index (χ2n) is 3.66. The summed E-state index contributed by atoms with van der Waals surface area (Å²) in [5.74, 6) is -2.39. The highest BCUT2D eigenvalue weighted by Gasteiger charge is 2.65. The normalized spacial score (nSPS) is 15.2. The summed E-state index contributed by atoms with van der Waals surface area (Å²) in [5.41, 5.74) is 4.73. The van der Waals surface area contributed by atoms with Crippen LogP contribution in [-0.4, -0.2) is 11.8 Å². The molecule has 4 nitrogen and oxygen atoms in total. The number of nitrogens with one attached hydrogen (secondary N) is 1. The summed E-state index contributed by atoms with van der Waals surface area (Å²) in [7, 11) is -9.68. The average molecular weight is 304 g/mol. The molecule has 0 aliphatic rings. The first kappa shape index (κ1) is 15.2. The first-order chi connectivity index (χ1) is 8.29. The van der Waals surface area contributed by atoms with Gasteiger partial charge in [0.2, 0.25) is 0 Å². The van der Waals surface area contributed by atoms with Gasteiger partial charge in [0.1, 0.15) is 4.90 Å². The van der Waals surface area contributed by atoms with Crippen LogP contribution in [0.25, 0.3) is 0 Å². The van der Waals surface area contributed by atoms with Gasteiger partial charge in [0, 0.05) is 6.54 Å². The van der Waals surface area contributed by atoms with Crippen LogP contribution >= 0.6 is 10.2 Å². The molecule has 0 bridgehead atoms. The number of carbonyl (C=O) groups is 2. The Morgan fingerprint density at radius 3 is 1.89 bits per heavy atom. The molecule has 0 spiro atoms. The van der Waals surface area contributed by atoms with Crippen molar-refractivity contribution in [2.75, 3.05) is 0 Å². The number of primary amides is 1. The van der Waals surface area contributed by atoms with E-state index in [1.807, 2.05) is 5.32 Å². The molecule has 0 saturated heterocycles. The molecule has 0 heterocycles. The van der Waals surface area contributed by atoms with E-state index in [4.69, 9.17) is 0 Å². The van der Waals surface area contributed by atoms with Crippen molar-refractivity contribution in [3.8, 4) is 0 Å². The van der Waals surface area contributed by atoms with Crippen molar-refractivity contribution in [1.29, 1.82) is 0 Å². The molecular formula is C9H9F5N2O2S. The first-order valence-electron chi connectivity index (χ1n) is 4.70. The van der Waals surface area contributed by atoms with Gasteiger partial charge in [-0.05, 0) is 17.7 Å². The summed E-state index contributed by atoms with van der Waals surface area (Å²) in [6.45, 7) is -0.303. The van der Waals surface area contributed by atoms with Gasteiger partial charge < -0.3 is 11.1 Å². The number of halogens is 5. The molecule has 0 fully saturated rings. The van der Waals surface area contributed by atoms with E-state index in [1.165, 1.54) is 0 Å². The standard InChI is InChI=1S/C9H9F5N2O2S/c10-19(11,12,13,14)7-3-1-6(2-4-7)5-16-9(18)8(15)17/h1-4H,5H2,(H2,15,17)(H,16,18). The van der Waals surface area contributed by atoms with Crippen molar-refractivity contribution in [1.82, 2.24) is 5.32 Å². The highest BCUT2D eigenvalue weighted by Crippen LogP contribution is 3.02. The van der Waals surface area contributed by atoms with Crippen molar-refractivity contribution >= 4 is 22.0 Å². The molecule has 108 valence electrons. The van der Waals surface area contributed by atoms with Crippen molar-refractivity contribution < 1.29 is 29.0 Å². The lowest BCUT2D eigenvalue weighted by Gasteiger charge is -2.40. The van der Waals surface area contributed by atoms with E-state index < -0.39 is 26.9 Å². The van der Waals surface area contributed by atoms with E-state index in [9.17, 15) is 29.0 Å². The largest absolute Gasteiger partial charge is 0.361 e. The maximum absolute atomic E-state index is 12.4. The molecule has 0 radical (unpaired) electrons. The highest BCUT2D eigenvalue weighted by atomic mass is 32.5. The van der Waals surface area contributed by atoms with E-state index >= 15 is 0 Å². The number of hydrogen-bond acceptors (Lipinski definition) is 2. The van der Waals surface area contributed by atoms with Crippen LogP contribution in [-0.2, 0) is 16.1 Å². The fourth-order valence-corrected chi connectivity index (χ4v) is 1.78. The first-order valence-corrected chi connectivity index (χ1v) is 6.65. The van der Waals surface area contributed by atoms with Gasteiger partial charge in [-0.2, -0.15) is 0 Å². The fourth-order valence-electron chi connectivity index (χ4n) is 1.13. The smallest absolute Gasteiger partial charge is 0.310 e. The van der Waals surface area contributed by atoms with Crippen LogP contribution in [0.2, 0.25) is 0 Å². The van der Waals surface area contributed by atoms with E-state index in [-0.39, 0.29) is 24.2 Å². The zero-order valence-electron chi connectivity index (χ0n) is 9.21. The molecule has 0 saturated carbocycles. The molecule has 1 rings (SSSR count). The summed E-state index contributed by atoms with van der Waals surface area (Å²) in [5, 5.41) is 2.00. The molecule has 0 unspecified atom stereocenters. The van der Waals surface area contributed by atoms with Gasteiger partial charge >= 0.3 is 22.0 Å². The fraction of sp³-hybridized carbons (Fsp3) is 0.111. The molecule has 0 aliphatic heterocycles. The van der Waals surface area contributed by atoms with Crippen LogP contribution in [0.15, 0.2) is 29.2 Å². The lowest BCUT2D eigenvalue weighted by Crippen LogP contribution is -2.35. The van der Waals surface area contributed by atoms with Crippen LogP contribution in [0, 0.1) is 0 Å². The molecule has 0 aromatic heterocycles. The molecule has 10 heteroatoms. The number of nitrogens with two attached hydrogens (primary N) is 1. The van der Waals surface area contributed by atoms with Gasteiger partial charge in [-0.25, -0.2) is 0 Å². The third-order valence-electron chi connectivity index (χ3n) is 2.05. The van der Waals surface area contributed by atoms with Gasteiger partial charge in [0.15, 0.2) is 0 Å². The van der Waals surface area contributed by atoms with Crippen molar-refractivity contribution in [3.63, 3.8) is 0 Å². The van der Waals surface area contributed by atoms with E-state index in [0.717, 1.165) is 12.1 Å². The molecule has 0 atom stereocenters. The SMILES string of the molecule is NC(=O)C(=O)NCc1ccc(S(F)(F)(F)(F)F)cc1. The summed E-state index contributed by atoms with van der Waals surface area (Å²) >= 11 is 0. The molecular weight excluding hydrogens is 295 g/mol. The highest BCUT2D eigenvalue weighted by molar-refractivity contribution is 8.45. The molecule has 0 aliphatic carbocycles. The summed E-state index contributed by atoms with van der Waals surface area (Å²) in [6.07, 6.45) is 0. The Kier molecular flexibility index (Phi) is 3.06. The third kappa shape index (κ3) is 4.39. The maximum Gasteiger partial charge on any atom is 0.310 e. The summed E-state index contributed by atoms with van der Waals surface area (Å²) in [4.78, 5) is 19.1. The zero-order chi connectivity index (χ0) is 15.0. The lowest BCUT2D eigenvalue weighted by molar-refractivity contribution is -0.137. The van der Waals surface area contributed by atoms with Crippen LogP contribution in [0.4, 0.5) is 19.4 Å². The minimum atomic E-state index is -9.68. The maximum atomic E-state index is 12.4. The molecule has 19 heavy (non-hydrogen) atoms. The quantitative estimate of drug-likeness (QED) is 0.665. The third-order valence-corrected chi connectivity index (χ3v) is 3.21. The van der Waals surface area contributed by atoms with Crippen LogP contribution in [0.1, 0.15) is 5.56 Å². The summed E-state index contributed by atoms with van der Waals surface area (Å²) in [6, 6.07) is 1.98. The second-order valence-corrected chi connectivity index (χ2v) is 6.07. The Labute approximate surface area is 104 Å². The number of hydrogen-bond donors (Lipinski definition) is 2. The van der Waals surface area contributed by atoms with Crippen LogP contribution in [0.3, 0.4) is 0 Å². The number of benzene rings is 1. The van der Waals surface area contributed by atoms with Gasteiger partial charge in [-0.1, -0.05) is 31.6 Å². The van der Waals surface area contributed by atoms with Crippen molar-refractivity contribution in [3.05, 3.63) is 29.8 Å². The molecule has 3 N–H and O–H groups in total. The number of rotatable bonds is 3. The van der Waals surface area contributed by atoms with Crippen molar-refractivity contribution in [2.45, 2.75) is 11.4 Å². The van der Waals surface area contributed by atoms with E-state index in [0.29, 0.717) is 0 Å². The predicted molar refractivity (Wildman–Crippen MR) is 58.9 cm³/mol. The Morgan fingerprint density at radius 1 is 1.05 bits per heavy atom.